The number of hydrogen-bond donors (Lipinski definition) is 0. The van der Waals surface area contributed by atoms with Gasteiger partial charge in [0.1, 0.15) is 0 Å². The summed E-state index contributed by atoms with van der Waals surface area (Å²) in [6, 6.07) is 18.3. The summed E-state index contributed by atoms with van der Waals surface area (Å²) in [5.41, 5.74) is 4.44. The quantitative estimate of drug-likeness (QED) is 0.433. The highest BCUT2D eigenvalue weighted by Crippen LogP contribution is 2.34. The van der Waals surface area contributed by atoms with Crippen LogP contribution in [0.3, 0.4) is 0 Å². The fourth-order valence-corrected chi connectivity index (χ4v) is 4.87. The molecule has 0 atom stereocenters. The predicted molar refractivity (Wildman–Crippen MR) is 115 cm³/mol. The molecular weight excluding hydrogens is 372 g/mol. The van der Waals surface area contributed by atoms with E-state index < -0.39 is 0 Å². The molecule has 27 heavy (non-hydrogen) atoms. The van der Waals surface area contributed by atoms with Gasteiger partial charge in [0.2, 0.25) is 5.91 Å². The molecule has 2 aromatic heterocycles. The van der Waals surface area contributed by atoms with Crippen LogP contribution in [0.1, 0.15) is 21.6 Å². The second kappa shape index (κ2) is 7.62. The number of carbonyl (C=O) groups is 1. The van der Waals surface area contributed by atoms with E-state index >= 15 is 0 Å². The molecule has 4 aromatic rings. The molecule has 0 N–H and O–H groups in total. The van der Waals surface area contributed by atoms with Crippen molar-refractivity contribution in [3.63, 3.8) is 0 Å². The van der Waals surface area contributed by atoms with Crippen molar-refractivity contribution in [2.45, 2.75) is 26.8 Å². The van der Waals surface area contributed by atoms with Crippen molar-refractivity contribution in [3.8, 4) is 0 Å². The van der Waals surface area contributed by atoms with Gasteiger partial charge in [-0.05, 0) is 42.0 Å². The molecule has 0 aliphatic heterocycles. The van der Waals surface area contributed by atoms with Gasteiger partial charge >= 0.3 is 0 Å². The maximum Gasteiger partial charge on any atom is 0.234 e. The first-order chi connectivity index (χ1) is 13.1. The van der Waals surface area contributed by atoms with Crippen molar-refractivity contribution in [2.24, 2.45) is 0 Å². The fourth-order valence-electron chi connectivity index (χ4n) is 3.05. The first-order valence-corrected chi connectivity index (χ1v) is 10.5. The van der Waals surface area contributed by atoms with Gasteiger partial charge in [-0.15, -0.1) is 11.3 Å². The number of fused-ring (bicyclic) bond motifs is 1. The highest BCUT2D eigenvalue weighted by atomic mass is 32.1. The van der Waals surface area contributed by atoms with Crippen LogP contribution in [0.4, 0.5) is 5.13 Å². The van der Waals surface area contributed by atoms with E-state index in [1.54, 1.807) is 22.7 Å². The highest BCUT2D eigenvalue weighted by Gasteiger charge is 2.21. The number of aromatic nitrogens is 1. The van der Waals surface area contributed by atoms with Crippen molar-refractivity contribution in [3.05, 3.63) is 81.5 Å². The number of anilines is 1. The number of rotatable bonds is 5. The number of amides is 1. The molecule has 5 heteroatoms. The number of benzene rings is 2. The highest BCUT2D eigenvalue weighted by molar-refractivity contribution is 7.22. The minimum atomic E-state index is 0.0793. The molecule has 0 spiro atoms. The summed E-state index contributed by atoms with van der Waals surface area (Å²) in [4.78, 5) is 20.9. The molecule has 0 aliphatic carbocycles. The lowest BCUT2D eigenvalue weighted by molar-refractivity contribution is -0.118. The first kappa shape index (κ1) is 17.9. The van der Waals surface area contributed by atoms with Crippen LogP contribution in [-0.2, 0) is 17.8 Å². The minimum absolute atomic E-state index is 0.0793. The number of thiazole rings is 1. The maximum absolute atomic E-state index is 13.2. The van der Waals surface area contributed by atoms with Crippen molar-refractivity contribution in [1.29, 1.82) is 0 Å². The number of nitrogens with zero attached hydrogens (tertiary/aromatic N) is 2. The van der Waals surface area contributed by atoms with Crippen molar-refractivity contribution < 1.29 is 4.79 Å². The number of aryl methyl sites for hydroxylation is 2. The average Bonchev–Trinajstić information content (AvgIpc) is 3.34. The first-order valence-electron chi connectivity index (χ1n) is 8.85. The Morgan fingerprint density at radius 3 is 2.48 bits per heavy atom. The van der Waals surface area contributed by atoms with Crippen molar-refractivity contribution in [1.82, 2.24) is 4.98 Å². The molecule has 0 radical (unpaired) electrons. The van der Waals surface area contributed by atoms with Crippen LogP contribution in [0.2, 0.25) is 0 Å². The van der Waals surface area contributed by atoms with Crippen LogP contribution in [0.15, 0.2) is 60.0 Å². The molecule has 2 heterocycles. The van der Waals surface area contributed by atoms with E-state index in [1.165, 1.54) is 5.56 Å². The molecule has 0 aliphatic rings. The van der Waals surface area contributed by atoms with Gasteiger partial charge in [-0.1, -0.05) is 59.9 Å². The third-order valence-electron chi connectivity index (χ3n) is 4.55. The van der Waals surface area contributed by atoms with E-state index in [-0.39, 0.29) is 5.91 Å². The molecule has 1 amide bonds. The summed E-state index contributed by atoms with van der Waals surface area (Å²) in [5.74, 6) is 0.0793. The molecule has 0 saturated carbocycles. The SMILES string of the molecule is Cc1ccc(C)c2sc(N(Cc3ccccc3)C(=O)Cc3cccs3)nc12. The molecular formula is C22H20N2OS2. The Bertz CT molecular complexity index is 1030. The topological polar surface area (TPSA) is 33.2 Å². The fraction of sp³-hybridized carbons (Fsp3) is 0.182. The van der Waals surface area contributed by atoms with Crippen LogP contribution in [0.5, 0.6) is 0 Å². The largest absolute Gasteiger partial charge is 0.283 e. The van der Waals surface area contributed by atoms with Gasteiger partial charge in [0.25, 0.3) is 0 Å². The second-order valence-electron chi connectivity index (χ2n) is 6.60. The van der Waals surface area contributed by atoms with E-state index in [4.69, 9.17) is 4.98 Å². The Hall–Kier alpha value is -2.50. The summed E-state index contributed by atoms with van der Waals surface area (Å²) < 4.78 is 1.16. The zero-order valence-electron chi connectivity index (χ0n) is 15.3. The summed E-state index contributed by atoms with van der Waals surface area (Å²) >= 11 is 3.22. The summed E-state index contributed by atoms with van der Waals surface area (Å²) in [6.07, 6.45) is 0.401. The standard InChI is InChI=1S/C22H20N2OS2/c1-15-10-11-16(2)21-20(15)23-22(27-21)24(14-17-7-4-3-5-8-17)19(25)13-18-9-6-12-26-18/h3-12H,13-14H2,1-2H3. The molecule has 136 valence electrons. The third-order valence-corrected chi connectivity index (χ3v) is 6.64. The van der Waals surface area contributed by atoms with Crippen LogP contribution in [-0.4, -0.2) is 10.9 Å². The molecule has 0 saturated heterocycles. The summed E-state index contributed by atoms with van der Waals surface area (Å²) in [5, 5.41) is 2.78. The van der Waals surface area contributed by atoms with E-state index in [2.05, 4.69) is 38.1 Å². The minimum Gasteiger partial charge on any atom is -0.283 e. The van der Waals surface area contributed by atoms with E-state index in [0.29, 0.717) is 13.0 Å². The summed E-state index contributed by atoms with van der Waals surface area (Å²) in [6.45, 7) is 4.70. The Kier molecular flexibility index (Phi) is 5.05. The van der Waals surface area contributed by atoms with Crippen molar-refractivity contribution >= 4 is 43.9 Å². The number of thiophene rings is 1. The van der Waals surface area contributed by atoms with Crippen LogP contribution in [0, 0.1) is 13.8 Å². The molecule has 4 rings (SSSR count). The smallest absolute Gasteiger partial charge is 0.234 e. The van der Waals surface area contributed by atoms with Gasteiger partial charge < -0.3 is 0 Å². The summed E-state index contributed by atoms with van der Waals surface area (Å²) in [7, 11) is 0. The second-order valence-corrected chi connectivity index (χ2v) is 8.60. The molecule has 0 unspecified atom stereocenters. The third kappa shape index (κ3) is 3.80. The molecule has 2 aromatic carbocycles. The van der Waals surface area contributed by atoms with E-state index in [1.807, 2.05) is 40.6 Å². The zero-order chi connectivity index (χ0) is 18.8. The zero-order valence-corrected chi connectivity index (χ0v) is 16.9. The van der Waals surface area contributed by atoms with Gasteiger partial charge in [0.05, 0.1) is 23.2 Å². The van der Waals surface area contributed by atoms with Crippen molar-refractivity contribution in [2.75, 3.05) is 4.90 Å². The van der Waals surface area contributed by atoms with Gasteiger partial charge in [-0.2, -0.15) is 0 Å². The lowest BCUT2D eigenvalue weighted by atomic mass is 10.1. The Labute approximate surface area is 166 Å². The van der Waals surface area contributed by atoms with Crippen LogP contribution >= 0.6 is 22.7 Å². The van der Waals surface area contributed by atoms with E-state index in [0.717, 1.165) is 31.4 Å². The normalized spacial score (nSPS) is 11.0. The Balaban J connectivity index is 1.74. The molecule has 3 nitrogen and oxygen atoms in total. The number of hydrogen-bond acceptors (Lipinski definition) is 4. The Morgan fingerprint density at radius 2 is 1.78 bits per heavy atom. The molecule has 0 bridgehead atoms. The van der Waals surface area contributed by atoms with Gasteiger partial charge in [0, 0.05) is 4.88 Å². The Morgan fingerprint density at radius 1 is 1.00 bits per heavy atom. The van der Waals surface area contributed by atoms with Gasteiger partial charge in [0.15, 0.2) is 5.13 Å². The van der Waals surface area contributed by atoms with Gasteiger partial charge in [-0.25, -0.2) is 4.98 Å². The lowest BCUT2D eigenvalue weighted by Gasteiger charge is -2.20. The predicted octanol–water partition coefficient (Wildman–Crippen LogP) is 5.75. The number of carbonyl (C=O) groups excluding carboxylic acids is 1. The van der Waals surface area contributed by atoms with Gasteiger partial charge in [-0.3, -0.25) is 9.69 Å². The van der Waals surface area contributed by atoms with Crippen LogP contribution in [0.25, 0.3) is 10.2 Å². The van der Waals surface area contributed by atoms with E-state index in [9.17, 15) is 4.79 Å². The molecule has 0 fully saturated rings. The lowest BCUT2D eigenvalue weighted by Crippen LogP contribution is -2.31. The van der Waals surface area contributed by atoms with Crippen LogP contribution < -0.4 is 4.90 Å². The monoisotopic (exact) mass is 392 g/mol. The average molecular weight is 393 g/mol. The maximum atomic E-state index is 13.2.